The monoisotopic (exact) mass is 242 g/mol. The second-order valence-electron chi connectivity index (χ2n) is 4.19. The minimum Gasteiger partial charge on any atom is -0.382 e. The van der Waals surface area contributed by atoms with Crippen LogP contribution in [0.2, 0.25) is 0 Å². The van der Waals surface area contributed by atoms with Crippen LogP contribution in [0.15, 0.2) is 18.3 Å². The summed E-state index contributed by atoms with van der Waals surface area (Å²) >= 11 is 0. The summed E-state index contributed by atoms with van der Waals surface area (Å²) in [5.74, 6) is 1.45. The zero-order chi connectivity index (χ0) is 13.3. The molecule has 0 atom stereocenters. The molecule has 0 amide bonds. The van der Waals surface area contributed by atoms with Crippen LogP contribution in [0.4, 0.5) is 11.6 Å². The molecule has 0 fully saturated rings. The molecule has 0 saturated heterocycles. The molecule has 0 aliphatic rings. The second-order valence-corrected chi connectivity index (χ2v) is 4.19. The van der Waals surface area contributed by atoms with Crippen LogP contribution in [0.25, 0.3) is 5.82 Å². The Balaban J connectivity index is 2.63. The molecule has 0 bridgehead atoms. The van der Waals surface area contributed by atoms with Gasteiger partial charge in [0.25, 0.3) is 0 Å². The van der Waals surface area contributed by atoms with Gasteiger partial charge in [-0.05, 0) is 24.6 Å². The van der Waals surface area contributed by atoms with E-state index in [9.17, 15) is 0 Å². The minimum absolute atomic E-state index is 0.305. The van der Waals surface area contributed by atoms with E-state index in [0.717, 1.165) is 5.56 Å². The number of pyridine rings is 1. The van der Waals surface area contributed by atoms with E-state index in [1.54, 1.807) is 11.1 Å². The van der Waals surface area contributed by atoms with Gasteiger partial charge in [0.15, 0.2) is 11.6 Å². The third-order valence-corrected chi connectivity index (χ3v) is 2.56. The van der Waals surface area contributed by atoms with Crippen LogP contribution in [0.1, 0.15) is 11.1 Å². The maximum Gasteiger partial charge on any atom is 0.170 e. The molecule has 2 rings (SSSR count). The van der Waals surface area contributed by atoms with Crippen molar-refractivity contribution in [3.8, 4) is 11.9 Å². The molecule has 0 spiro atoms. The lowest BCUT2D eigenvalue weighted by atomic mass is 10.3. The summed E-state index contributed by atoms with van der Waals surface area (Å²) in [7, 11) is 3.63. The van der Waals surface area contributed by atoms with Crippen LogP contribution in [-0.2, 0) is 0 Å². The van der Waals surface area contributed by atoms with E-state index in [0.29, 0.717) is 23.0 Å². The van der Waals surface area contributed by atoms with Gasteiger partial charge in [0, 0.05) is 20.3 Å². The summed E-state index contributed by atoms with van der Waals surface area (Å²) in [4.78, 5) is 5.96. The van der Waals surface area contributed by atoms with Gasteiger partial charge in [-0.1, -0.05) is 0 Å². The van der Waals surface area contributed by atoms with Crippen molar-refractivity contribution in [2.24, 2.45) is 0 Å². The summed E-state index contributed by atoms with van der Waals surface area (Å²) < 4.78 is 1.49. The molecule has 2 aromatic rings. The standard InChI is InChI=1S/C12H14N6/c1-8-4-5-15-10(6-8)18-11(14)9(7-13)12(16-18)17(2)3/h4-6H,14H2,1-3H3. The van der Waals surface area contributed by atoms with E-state index in [1.165, 1.54) is 4.68 Å². The minimum atomic E-state index is 0.305. The van der Waals surface area contributed by atoms with Crippen LogP contribution in [0, 0.1) is 18.3 Å². The Hall–Kier alpha value is -2.55. The van der Waals surface area contributed by atoms with Crippen LogP contribution in [-0.4, -0.2) is 28.9 Å². The van der Waals surface area contributed by atoms with Crippen molar-refractivity contribution in [1.29, 1.82) is 5.26 Å². The van der Waals surface area contributed by atoms with Crippen molar-refractivity contribution < 1.29 is 0 Å². The van der Waals surface area contributed by atoms with Crippen molar-refractivity contribution in [3.63, 3.8) is 0 Å². The number of hydrogen-bond acceptors (Lipinski definition) is 5. The van der Waals surface area contributed by atoms with Crippen LogP contribution < -0.4 is 10.6 Å². The van der Waals surface area contributed by atoms with Gasteiger partial charge >= 0.3 is 0 Å². The number of aryl methyl sites for hydroxylation is 1. The van der Waals surface area contributed by atoms with Crippen molar-refractivity contribution in [1.82, 2.24) is 14.8 Å². The summed E-state index contributed by atoms with van der Waals surface area (Å²) in [5.41, 5.74) is 7.37. The molecular formula is C12H14N6. The Morgan fingerprint density at radius 3 is 2.67 bits per heavy atom. The summed E-state index contributed by atoms with van der Waals surface area (Å²) in [6.45, 7) is 1.96. The number of nitrogen functional groups attached to an aromatic ring is 1. The highest BCUT2D eigenvalue weighted by Crippen LogP contribution is 2.25. The van der Waals surface area contributed by atoms with Gasteiger partial charge in [0.2, 0.25) is 0 Å². The Labute approximate surface area is 105 Å². The zero-order valence-corrected chi connectivity index (χ0v) is 10.5. The molecule has 18 heavy (non-hydrogen) atoms. The normalized spacial score (nSPS) is 10.1. The highest BCUT2D eigenvalue weighted by molar-refractivity contribution is 5.66. The Morgan fingerprint density at radius 2 is 2.17 bits per heavy atom. The lowest BCUT2D eigenvalue weighted by Gasteiger charge is -2.07. The number of rotatable bonds is 2. The third kappa shape index (κ3) is 1.86. The Morgan fingerprint density at radius 1 is 1.44 bits per heavy atom. The molecule has 0 aliphatic carbocycles. The topological polar surface area (TPSA) is 83.8 Å². The van der Waals surface area contributed by atoms with Crippen molar-refractivity contribution in [2.45, 2.75) is 6.92 Å². The number of aromatic nitrogens is 3. The highest BCUT2D eigenvalue weighted by Gasteiger charge is 2.18. The molecule has 92 valence electrons. The summed E-state index contributed by atoms with van der Waals surface area (Å²) in [5, 5.41) is 13.5. The summed E-state index contributed by atoms with van der Waals surface area (Å²) in [6.07, 6.45) is 1.69. The van der Waals surface area contributed by atoms with Gasteiger partial charge in [0.05, 0.1) is 0 Å². The SMILES string of the molecule is Cc1ccnc(-n2nc(N(C)C)c(C#N)c2N)c1. The van der Waals surface area contributed by atoms with E-state index in [1.807, 2.05) is 33.2 Å². The van der Waals surface area contributed by atoms with Gasteiger partial charge in [-0.25, -0.2) is 4.98 Å². The van der Waals surface area contributed by atoms with Crippen LogP contribution in [0.5, 0.6) is 0 Å². The number of nitrogens with two attached hydrogens (primary N) is 1. The first-order valence-electron chi connectivity index (χ1n) is 5.43. The molecule has 2 N–H and O–H groups in total. The quantitative estimate of drug-likeness (QED) is 0.852. The average molecular weight is 242 g/mol. The largest absolute Gasteiger partial charge is 0.382 e. The number of nitrogens with zero attached hydrogens (tertiary/aromatic N) is 5. The molecule has 0 aliphatic heterocycles. The molecule has 6 heteroatoms. The fourth-order valence-corrected chi connectivity index (χ4v) is 1.65. The summed E-state index contributed by atoms with van der Waals surface area (Å²) in [6, 6.07) is 5.83. The van der Waals surface area contributed by atoms with Crippen molar-refractivity contribution in [2.75, 3.05) is 24.7 Å². The zero-order valence-electron chi connectivity index (χ0n) is 10.5. The smallest absolute Gasteiger partial charge is 0.170 e. The number of hydrogen-bond donors (Lipinski definition) is 1. The van der Waals surface area contributed by atoms with Crippen molar-refractivity contribution in [3.05, 3.63) is 29.5 Å². The molecule has 0 unspecified atom stereocenters. The van der Waals surface area contributed by atoms with E-state index in [2.05, 4.69) is 16.2 Å². The molecule has 6 nitrogen and oxygen atoms in total. The molecule has 2 heterocycles. The molecule has 0 saturated carbocycles. The number of nitriles is 1. The van der Waals surface area contributed by atoms with Gasteiger partial charge in [0.1, 0.15) is 17.5 Å². The first-order chi connectivity index (χ1) is 8.54. The average Bonchev–Trinajstić information content (AvgIpc) is 2.66. The predicted octanol–water partition coefficient (Wildman–Crippen LogP) is 1.10. The molecule has 0 aromatic carbocycles. The van der Waals surface area contributed by atoms with Crippen molar-refractivity contribution >= 4 is 11.6 Å². The molecule has 2 aromatic heterocycles. The van der Waals surface area contributed by atoms with Crippen LogP contribution in [0.3, 0.4) is 0 Å². The molecular weight excluding hydrogens is 228 g/mol. The van der Waals surface area contributed by atoms with Gasteiger partial charge in [-0.2, -0.15) is 9.94 Å². The first-order valence-corrected chi connectivity index (χ1v) is 5.43. The number of anilines is 2. The van der Waals surface area contributed by atoms with Gasteiger partial charge in [-0.15, -0.1) is 5.10 Å². The highest BCUT2D eigenvalue weighted by atomic mass is 15.4. The van der Waals surface area contributed by atoms with E-state index in [-0.39, 0.29) is 0 Å². The maximum atomic E-state index is 9.13. The fourth-order valence-electron chi connectivity index (χ4n) is 1.65. The van der Waals surface area contributed by atoms with Crippen LogP contribution >= 0.6 is 0 Å². The van der Waals surface area contributed by atoms with Gasteiger partial charge in [-0.3, -0.25) is 0 Å². The van der Waals surface area contributed by atoms with E-state index >= 15 is 0 Å². The predicted molar refractivity (Wildman–Crippen MR) is 69.6 cm³/mol. The van der Waals surface area contributed by atoms with Gasteiger partial charge < -0.3 is 10.6 Å². The van der Waals surface area contributed by atoms with E-state index < -0.39 is 0 Å². The lowest BCUT2D eigenvalue weighted by molar-refractivity contribution is 0.844. The Kier molecular flexibility index (Phi) is 2.90. The first kappa shape index (κ1) is 11.9. The molecule has 0 radical (unpaired) electrons. The Bertz CT molecular complexity index is 620. The van der Waals surface area contributed by atoms with E-state index in [4.69, 9.17) is 11.0 Å². The maximum absolute atomic E-state index is 9.13. The fraction of sp³-hybridized carbons (Fsp3) is 0.250. The third-order valence-electron chi connectivity index (χ3n) is 2.56. The second kappa shape index (κ2) is 4.37. The lowest BCUT2D eigenvalue weighted by Crippen LogP contribution is -2.11.